The average Bonchev–Trinajstić information content (AvgIpc) is 2.39. The highest BCUT2D eigenvalue weighted by atomic mass is 32.2. The van der Waals surface area contributed by atoms with Crippen LogP contribution in [0, 0.1) is 11.3 Å². The number of rotatable bonds is 2. The lowest BCUT2D eigenvalue weighted by molar-refractivity contribution is 0.603. The molecule has 0 bridgehead atoms. The van der Waals surface area contributed by atoms with Crippen molar-refractivity contribution in [2.45, 2.75) is 18.7 Å². The third-order valence-electron chi connectivity index (χ3n) is 2.82. The smallest absolute Gasteiger partial charge is 0.217 e. The number of sulfone groups is 1. The number of nitriles is 1. The largest absolute Gasteiger partial charge is 0.363 e. The molecule has 0 atom stereocenters. The Labute approximate surface area is 118 Å². The third-order valence-corrected chi connectivity index (χ3v) is 4.58. The van der Waals surface area contributed by atoms with Gasteiger partial charge < -0.3 is 5.32 Å². The molecule has 1 heterocycles. The van der Waals surface area contributed by atoms with Gasteiger partial charge in [-0.15, -0.1) is 0 Å². The predicted molar refractivity (Wildman–Crippen MR) is 76.9 cm³/mol. The van der Waals surface area contributed by atoms with E-state index in [9.17, 15) is 13.7 Å². The molecule has 1 aliphatic rings. The van der Waals surface area contributed by atoms with Crippen LogP contribution in [0.4, 0.5) is 0 Å². The van der Waals surface area contributed by atoms with Gasteiger partial charge in [-0.3, -0.25) is 0 Å². The molecule has 5 heteroatoms. The molecule has 1 aromatic carbocycles. The van der Waals surface area contributed by atoms with Crippen molar-refractivity contribution in [3.05, 3.63) is 64.4 Å². The predicted octanol–water partition coefficient (Wildman–Crippen LogP) is 2.65. The van der Waals surface area contributed by atoms with Crippen molar-refractivity contribution in [3.63, 3.8) is 0 Å². The summed E-state index contributed by atoms with van der Waals surface area (Å²) in [6.45, 7) is 3.64. The second-order valence-electron chi connectivity index (χ2n) is 4.49. The minimum atomic E-state index is -3.80. The molecule has 4 nitrogen and oxygen atoms in total. The normalized spacial score (nSPS) is 14.8. The molecular formula is C15H14N2O2S. The fourth-order valence-electron chi connectivity index (χ4n) is 2.02. The molecular weight excluding hydrogens is 272 g/mol. The van der Waals surface area contributed by atoms with Gasteiger partial charge in [-0.05, 0) is 38.1 Å². The number of nitrogens with one attached hydrogen (secondary N) is 1. The van der Waals surface area contributed by atoms with Crippen LogP contribution in [-0.4, -0.2) is 8.42 Å². The molecule has 1 N–H and O–H groups in total. The summed E-state index contributed by atoms with van der Waals surface area (Å²) in [4.78, 5) is -0.108. The van der Waals surface area contributed by atoms with Crippen molar-refractivity contribution < 1.29 is 8.42 Å². The molecule has 20 heavy (non-hydrogen) atoms. The molecule has 102 valence electrons. The zero-order valence-electron chi connectivity index (χ0n) is 11.2. The van der Waals surface area contributed by atoms with Gasteiger partial charge in [-0.2, -0.15) is 5.26 Å². The van der Waals surface area contributed by atoms with E-state index in [4.69, 9.17) is 0 Å². The van der Waals surface area contributed by atoms with Crippen LogP contribution >= 0.6 is 0 Å². The topological polar surface area (TPSA) is 70.0 Å². The number of allylic oxidation sites excluding steroid dienone is 6. The van der Waals surface area contributed by atoms with Gasteiger partial charge in [0.2, 0.25) is 9.84 Å². The second-order valence-corrected chi connectivity index (χ2v) is 6.38. The van der Waals surface area contributed by atoms with Gasteiger partial charge in [0, 0.05) is 17.0 Å². The monoisotopic (exact) mass is 286 g/mol. The Bertz CT molecular complexity index is 744. The van der Waals surface area contributed by atoms with Crippen LogP contribution in [0.1, 0.15) is 13.8 Å². The standard InChI is InChI=1S/C15H14N2O2S/c1-11-8-13(9-12(2)17-11)15(10-16)20(18,19)14-6-4-3-5-7-14/h3-9,17H,1-2H3. The van der Waals surface area contributed by atoms with E-state index in [-0.39, 0.29) is 9.80 Å². The Morgan fingerprint density at radius 3 is 2.15 bits per heavy atom. The summed E-state index contributed by atoms with van der Waals surface area (Å²) in [6.07, 6.45) is 3.32. The van der Waals surface area contributed by atoms with Crippen LogP contribution in [0.25, 0.3) is 0 Å². The Balaban J connectivity index is 2.66. The van der Waals surface area contributed by atoms with E-state index in [1.54, 1.807) is 30.4 Å². The maximum atomic E-state index is 12.5. The minimum Gasteiger partial charge on any atom is -0.363 e. The minimum absolute atomic E-state index is 0.125. The molecule has 1 aromatic rings. The summed E-state index contributed by atoms with van der Waals surface area (Å²) < 4.78 is 25.0. The molecule has 0 fully saturated rings. The summed E-state index contributed by atoms with van der Waals surface area (Å²) in [5, 5.41) is 12.3. The van der Waals surface area contributed by atoms with E-state index in [2.05, 4.69) is 5.32 Å². The third kappa shape index (κ3) is 2.65. The molecule has 0 spiro atoms. The maximum absolute atomic E-state index is 12.5. The Kier molecular flexibility index (Phi) is 3.77. The molecule has 0 saturated heterocycles. The zero-order chi connectivity index (χ0) is 14.8. The van der Waals surface area contributed by atoms with Crippen LogP contribution in [0.5, 0.6) is 0 Å². The number of hydrogen-bond acceptors (Lipinski definition) is 4. The lowest BCUT2D eigenvalue weighted by Crippen LogP contribution is -2.14. The van der Waals surface area contributed by atoms with Gasteiger partial charge >= 0.3 is 0 Å². The van der Waals surface area contributed by atoms with Crippen LogP contribution in [-0.2, 0) is 9.84 Å². The van der Waals surface area contributed by atoms with Crippen LogP contribution in [0.15, 0.2) is 69.3 Å². The summed E-state index contributed by atoms with van der Waals surface area (Å²) in [6, 6.07) is 9.81. The van der Waals surface area contributed by atoms with E-state index < -0.39 is 9.84 Å². The van der Waals surface area contributed by atoms with E-state index in [0.717, 1.165) is 11.4 Å². The molecule has 0 radical (unpaired) electrons. The number of nitrogens with zero attached hydrogens (tertiary/aromatic N) is 1. The first-order valence-corrected chi connectivity index (χ1v) is 7.51. The van der Waals surface area contributed by atoms with E-state index >= 15 is 0 Å². The SMILES string of the molecule is CC1=CC(=C(C#N)S(=O)(=O)c2ccccc2)C=C(C)N1. The van der Waals surface area contributed by atoms with Gasteiger partial charge in [0.15, 0.2) is 4.91 Å². The van der Waals surface area contributed by atoms with E-state index in [0.29, 0.717) is 5.57 Å². The Morgan fingerprint density at radius 1 is 1.10 bits per heavy atom. The average molecular weight is 286 g/mol. The highest BCUT2D eigenvalue weighted by molar-refractivity contribution is 7.95. The molecule has 0 unspecified atom stereocenters. The fraction of sp³-hybridized carbons (Fsp3) is 0.133. The molecule has 0 amide bonds. The number of dihydropyridines is 1. The summed E-state index contributed by atoms with van der Waals surface area (Å²) >= 11 is 0. The first-order valence-electron chi connectivity index (χ1n) is 6.03. The number of benzene rings is 1. The highest BCUT2D eigenvalue weighted by Crippen LogP contribution is 2.25. The van der Waals surface area contributed by atoms with Gasteiger partial charge in [0.1, 0.15) is 6.07 Å². The fourth-order valence-corrected chi connectivity index (χ4v) is 3.32. The Hall–Kier alpha value is -2.32. The summed E-state index contributed by atoms with van der Waals surface area (Å²) in [5.74, 6) is 0. The van der Waals surface area contributed by atoms with Gasteiger partial charge in [0.05, 0.1) is 4.90 Å². The molecule has 0 saturated carbocycles. The lowest BCUT2D eigenvalue weighted by atomic mass is 10.1. The summed E-state index contributed by atoms with van der Waals surface area (Å²) in [5.41, 5.74) is 2.01. The van der Waals surface area contributed by atoms with Crippen LogP contribution in [0.3, 0.4) is 0 Å². The van der Waals surface area contributed by atoms with Crippen LogP contribution in [0.2, 0.25) is 0 Å². The van der Waals surface area contributed by atoms with Gasteiger partial charge in [-0.1, -0.05) is 18.2 Å². The maximum Gasteiger partial charge on any atom is 0.217 e. The van der Waals surface area contributed by atoms with Crippen molar-refractivity contribution in [2.24, 2.45) is 0 Å². The lowest BCUT2D eigenvalue weighted by Gasteiger charge is -2.15. The zero-order valence-corrected chi connectivity index (χ0v) is 12.0. The first kappa shape index (κ1) is 14.1. The summed E-state index contributed by atoms with van der Waals surface area (Å²) in [7, 11) is -3.80. The Morgan fingerprint density at radius 2 is 1.65 bits per heavy atom. The molecule has 2 rings (SSSR count). The highest BCUT2D eigenvalue weighted by Gasteiger charge is 2.24. The quantitative estimate of drug-likeness (QED) is 0.848. The van der Waals surface area contributed by atoms with Crippen molar-refractivity contribution in [3.8, 4) is 6.07 Å². The van der Waals surface area contributed by atoms with E-state index in [1.165, 1.54) is 12.1 Å². The second kappa shape index (κ2) is 5.35. The van der Waals surface area contributed by atoms with E-state index in [1.807, 2.05) is 19.9 Å². The van der Waals surface area contributed by atoms with Crippen molar-refractivity contribution in [1.82, 2.24) is 5.32 Å². The van der Waals surface area contributed by atoms with Crippen molar-refractivity contribution >= 4 is 9.84 Å². The first-order chi connectivity index (χ1) is 9.45. The number of hydrogen-bond donors (Lipinski definition) is 1. The van der Waals surface area contributed by atoms with Gasteiger partial charge in [0.25, 0.3) is 0 Å². The van der Waals surface area contributed by atoms with Crippen molar-refractivity contribution in [2.75, 3.05) is 0 Å². The van der Waals surface area contributed by atoms with Gasteiger partial charge in [-0.25, -0.2) is 8.42 Å². The molecule has 1 aliphatic heterocycles. The van der Waals surface area contributed by atoms with Crippen LogP contribution < -0.4 is 5.32 Å². The molecule has 0 aromatic heterocycles. The van der Waals surface area contributed by atoms with Crippen molar-refractivity contribution in [1.29, 1.82) is 5.26 Å². The molecule has 0 aliphatic carbocycles.